The van der Waals surface area contributed by atoms with Crippen molar-refractivity contribution in [2.24, 2.45) is 17.8 Å². The van der Waals surface area contributed by atoms with Crippen LogP contribution in [0, 0.1) is 17.8 Å². The number of nitrogens with zero attached hydrogens (tertiary/aromatic N) is 1. The van der Waals surface area contributed by atoms with Gasteiger partial charge in [0.25, 0.3) is 0 Å². The highest BCUT2D eigenvalue weighted by molar-refractivity contribution is 5.77. The Kier molecular flexibility index (Phi) is 3.58. The second kappa shape index (κ2) is 5.24. The van der Waals surface area contributed by atoms with Crippen molar-refractivity contribution in [3.05, 3.63) is 0 Å². The summed E-state index contributed by atoms with van der Waals surface area (Å²) in [6.45, 7) is 1.09. The molecule has 0 aromatic carbocycles. The Morgan fingerprint density at radius 2 is 1.70 bits per heavy atom. The van der Waals surface area contributed by atoms with E-state index in [0.717, 1.165) is 19.3 Å². The summed E-state index contributed by atoms with van der Waals surface area (Å²) < 4.78 is 0. The van der Waals surface area contributed by atoms with Crippen LogP contribution < -0.4 is 5.32 Å². The van der Waals surface area contributed by atoms with Crippen molar-refractivity contribution in [2.75, 3.05) is 13.1 Å². The lowest BCUT2D eigenvalue weighted by atomic mass is 9.84. The van der Waals surface area contributed by atoms with Crippen molar-refractivity contribution in [1.82, 2.24) is 10.2 Å². The predicted octanol–water partition coefficient (Wildman–Crippen LogP) is 0.652. The van der Waals surface area contributed by atoms with Gasteiger partial charge in [-0.2, -0.15) is 0 Å². The highest BCUT2D eigenvalue weighted by Crippen LogP contribution is 2.48. The number of hydrogen-bond acceptors (Lipinski definition) is 3. The summed E-state index contributed by atoms with van der Waals surface area (Å²) in [6, 6.07) is -0.383. The van der Waals surface area contributed by atoms with E-state index in [1.165, 1.54) is 0 Å². The van der Waals surface area contributed by atoms with Crippen LogP contribution in [0.1, 0.15) is 32.1 Å². The molecule has 0 aromatic rings. The fraction of sp³-hybridized carbons (Fsp3) is 0.857. The monoisotopic (exact) mass is 282 g/mol. The molecule has 112 valence electrons. The highest BCUT2D eigenvalue weighted by atomic mass is 16.4. The second-order valence-electron chi connectivity index (χ2n) is 6.39. The molecule has 3 aliphatic rings. The number of carboxylic acids is 1. The minimum absolute atomic E-state index is 0.166. The predicted molar refractivity (Wildman–Crippen MR) is 71.1 cm³/mol. The van der Waals surface area contributed by atoms with Gasteiger partial charge in [0.05, 0.1) is 12.0 Å². The topological polar surface area (TPSA) is 89.9 Å². The van der Waals surface area contributed by atoms with E-state index < -0.39 is 11.9 Å². The standard InChI is InChI=1S/C14H22N2O4/c17-10-3-5-16(6-4-10)14(20)15-12-9-2-1-8(7-9)11(12)13(18)19/h8-12,17H,1-7H2,(H,15,20)(H,18,19). The molecule has 6 nitrogen and oxygen atoms in total. The van der Waals surface area contributed by atoms with E-state index in [4.69, 9.17) is 0 Å². The van der Waals surface area contributed by atoms with Crippen LogP contribution in [-0.4, -0.2) is 52.3 Å². The first kappa shape index (κ1) is 13.7. The van der Waals surface area contributed by atoms with E-state index in [1.54, 1.807) is 4.90 Å². The van der Waals surface area contributed by atoms with Crippen LogP contribution in [-0.2, 0) is 4.79 Å². The maximum absolute atomic E-state index is 12.2. The van der Waals surface area contributed by atoms with Gasteiger partial charge in [0.1, 0.15) is 0 Å². The summed E-state index contributed by atoms with van der Waals surface area (Å²) in [5.41, 5.74) is 0. The number of amides is 2. The van der Waals surface area contributed by atoms with Crippen LogP contribution in [0.3, 0.4) is 0 Å². The highest BCUT2D eigenvalue weighted by Gasteiger charge is 2.51. The number of urea groups is 1. The summed E-state index contributed by atoms with van der Waals surface area (Å²) in [6.07, 6.45) is 3.83. The number of carbonyl (C=O) groups is 2. The largest absolute Gasteiger partial charge is 0.481 e. The van der Waals surface area contributed by atoms with Crippen molar-refractivity contribution >= 4 is 12.0 Å². The molecule has 3 N–H and O–H groups in total. The van der Waals surface area contributed by atoms with Crippen LogP contribution in [0.2, 0.25) is 0 Å². The Morgan fingerprint density at radius 1 is 1.05 bits per heavy atom. The zero-order valence-electron chi connectivity index (χ0n) is 11.5. The molecular weight excluding hydrogens is 260 g/mol. The Bertz CT molecular complexity index is 406. The van der Waals surface area contributed by atoms with Gasteiger partial charge in [-0.25, -0.2) is 4.79 Å². The molecule has 2 amide bonds. The van der Waals surface area contributed by atoms with Gasteiger partial charge in [0.2, 0.25) is 0 Å². The number of fused-ring (bicyclic) bond motifs is 2. The van der Waals surface area contributed by atoms with Crippen LogP contribution in [0.15, 0.2) is 0 Å². The summed E-state index contributed by atoms with van der Waals surface area (Å²) >= 11 is 0. The first-order valence-corrected chi connectivity index (χ1v) is 7.52. The van der Waals surface area contributed by atoms with Gasteiger partial charge in [-0.1, -0.05) is 0 Å². The fourth-order valence-electron chi connectivity index (χ4n) is 4.16. The minimum atomic E-state index is -0.781. The average molecular weight is 282 g/mol. The molecule has 6 heteroatoms. The Labute approximate surface area is 118 Å². The number of carbonyl (C=O) groups excluding carboxylic acids is 1. The number of nitrogens with one attached hydrogen (secondary N) is 1. The SMILES string of the molecule is O=C(O)C1C2CCC(C2)C1NC(=O)N1CCC(O)CC1. The minimum Gasteiger partial charge on any atom is -0.481 e. The number of likely N-dealkylation sites (tertiary alicyclic amines) is 1. The third kappa shape index (κ3) is 2.37. The van der Waals surface area contributed by atoms with E-state index in [-0.39, 0.29) is 24.1 Å². The summed E-state index contributed by atoms with van der Waals surface area (Å²) in [4.78, 5) is 25.3. The summed E-state index contributed by atoms with van der Waals surface area (Å²) in [7, 11) is 0. The van der Waals surface area contributed by atoms with Gasteiger partial charge in [-0.3, -0.25) is 4.79 Å². The number of carboxylic acid groups (broad SMARTS) is 1. The molecule has 2 saturated carbocycles. The molecular formula is C14H22N2O4. The molecule has 20 heavy (non-hydrogen) atoms. The Balaban J connectivity index is 1.62. The van der Waals surface area contributed by atoms with E-state index in [0.29, 0.717) is 31.8 Å². The first-order valence-electron chi connectivity index (χ1n) is 7.52. The van der Waals surface area contributed by atoms with Crippen LogP contribution in [0.5, 0.6) is 0 Å². The molecule has 2 bridgehead atoms. The van der Waals surface area contributed by atoms with Crippen molar-refractivity contribution < 1.29 is 19.8 Å². The molecule has 3 fully saturated rings. The summed E-state index contributed by atoms with van der Waals surface area (Å²) in [5.74, 6) is -0.656. The lowest BCUT2D eigenvalue weighted by molar-refractivity contribution is -0.144. The smallest absolute Gasteiger partial charge is 0.317 e. The van der Waals surface area contributed by atoms with Gasteiger partial charge in [-0.05, 0) is 43.9 Å². The van der Waals surface area contributed by atoms with E-state index >= 15 is 0 Å². The van der Waals surface area contributed by atoms with Crippen LogP contribution in [0.25, 0.3) is 0 Å². The lowest BCUT2D eigenvalue weighted by Gasteiger charge is -2.34. The number of hydrogen-bond donors (Lipinski definition) is 3. The molecule has 0 aromatic heterocycles. The molecule has 4 unspecified atom stereocenters. The van der Waals surface area contributed by atoms with Crippen LogP contribution >= 0.6 is 0 Å². The zero-order chi connectivity index (χ0) is 14.3. The normalized spacial score (nSPS) is 37.1. The molecule has 3 rings (SSSR count). The second-order valence-corrected chi connectivity index (χ2v) is 6.39. The molecule has 1 heterocycles. The maximum atomic E-state index is 12.2. The number of aliphatic hydroxyl groups is 1. The summed E-state index contributed by atoms with van der Waals surface area (Å²) in [5, 5.41) is 21.8. The van der Waals surface area contributed by atoms with Gasteiger partial charge in [-0.15, -0.1) is 0 Å². The number of piperidine rings is 1. The molecule has 1 aliphatic heterocycles. The maximum Gasteiger partial charge on any atom is 0.317 e. The average Bonchev–Trinajstić information content (AvgIpc) is 3.00. The van der Waals surface area contributed by atoms with Crippen molar-refractivity contribution in [3.63, 3.8) is 0 Å². The Hall–Kier alpha value is -1.30. The van der Waals surface area contributed by atoms with Crippen LogP contribution in [0.4, 0.5) is 4.79 Å². The van der Waals surface area contributed by atoms with Gasteiger partial charge in [0.15, 0.2) is 0 Å². The van der Waals surface area contributed by atoms with Gasteiger partial charge in [0, 0.05) is 19.1 Å². The van der Waals surface area contributed by atoms with Crippen molar-refractivity contribution in [2.45, 2.75) is 44.2 Å². The lowest BCUT2D eigenvalue weighted by Crippen LogP contribution is -2.53. The number of aliphatic carboxylic acids is 1. The van der Waals surface area contributed by atoms with E-state index in [2.05, 4.69) is 5.32 Å². The fourth-order valence-corrected chi connectivity index (χ4v) is 4.16. The third-order valence-electron chi connectivity index (χ3n) is 5.24. The quantitative estimate of drug-likeness (QED) is 0.694. The molecule has 4 atom stereocenters. The first-order chi connectivity index (χ1) is 9.56. The Morgan fingerprint density at radius 3 is 2.35 bits per heavy atom. The van der Waals surface area contributed by atoms with Gasteiger partial charge >= 0.3 is 12.0 Å². The number of rotatable bonds is 2. The zero-order valence-corrected chi connectivity index (χ0v) is 11.5. The van der Waals surface area contributed by atoms with Crippen molar-refractivity contribution in [1.29, 1.82) is 0 Å². The molecule has 0 radical (unpaired) electrons. The molecule has 0 spiro atoms. The van der Waals surface area contributed by atoms with E-state index in [1.807, 2.05) is 0 Å². The van der Waals surface area contributed by atoms with Crippen molar-refractivity contribution in [3.8, 4) is 0 Å². The molecule has 2 aliphatic carbocycles. The third-order valence-corrected chi connectivity index (χ3v) is 5.24. The number of aliphatic hydroxyl groups excluding tert-OH is 1. The van der Waals surface area contributed by atoms with E-state index in [9.17, 15) is 19.8 Å². The molecule has 1 saturated heterocycles. The van der Waals surface area contributed by atoms with Gasteiger partial charge < -0.3 is 20.4 Å².